The minimum Gasteiger partial charge on any atom is -0.497 e. The third kappa shape index (κ3) is 3.32. The predicted octanol–water partition coefficient (Wildman–Crippen LogP) is 2.56. The number of anilines is 1. The van der Waals surface area contributed by atoms with E-state index in [9.17, 15) is 4.79 Å². The van der Waals surface area contributed by atoms with Gasteiger partial charge in [0.05, 0.1) is 11.6 Å². The van der Waals surface area contributed by atoms with E-state index >= 15 is 0 Å². The summed E-state index contributed by atoms with van der Waals surface area (Å²) in [5.41, 5.74) is 1.99. The molecule has 1 aromatic heterocycles. The zero-order valence-corrected chi connectivity index (χ0v) is 16.5. The van der Waals surface area contributed by atoms with Crippen LogP contribution in [0.3, 0.4) is 0 Å². The highest BCUT2D eigenvalue weighted by Gasteiger charge is 2.16. The van der Waals surface area contributed by atoms with E-state index in [0.29, 0.717) is 17.9 Å². The molecule has 7 heteroatoms. The number of benzene rings is 2. The van der Waals surface area contributed by atoms with Gasteiger partial charge in [0, 0.05) is 10.2 Å². The van der Waals surface area contributed by atoms with Crippen molar-refractivity contribution >= 4 is 39.0 Å². The van der Waals surface area contributed by atoms with Crippen LogP contribution in [0.4, 0.5) is 5.69 Å². The minimum atomic E-state index is -0.00747. The highest BCUT2D eigenvalue weighted by atomic mass is 79.9. The van der Waals surface area contributed by atoms with Crippen molar-refractivity contribution in [1.82, 2.24) is 4.57 Å². The number of thiazole rings is 1. The van der Waals surface area contributed by atoms with Crippen LogP contribution in [0.15, 0.2) is 62.8 Å². The Kier molecular flexibility index (Phi) is 4.65. The molecule has 132 valence electrons. The molecule has 0 N–H and O–H groups in total. The molecule has 26 heavy (non-hydrogen) atoms. The van der Waals surface area contributed by atoms with Crippen LogP contribution < -0.4 is 24.5 Å². The molecule has 2 heterocycles. The second-order valence-electron chi connectivity index (χ2n) is 5.86. The van der Waals surface area contributed by atoms with Crippen LogP contribution in [0, 0.1) is 0 Å². The summed E-state index contributed by atoms with van der Waals surface area (Å²) in [6.45, 7) is 1.02. The Morgan fingerprint density at radius 2 is 2.04 bits per heavy atom. The van der Waals surface area contributed by atoms with E-state index in [-0.39, 0.29) is 5.56 Å². The van der Waals surface area contributed by atoms with E-state index in [0.717, 1.165) is 26.3 Å². The lowest BCUT2D eigenvalue weighted by Crippen LogP contribution is -2.42. The first-order chi connectivity index (χ1) is 12.6. The molecule has 0 amide bonds. The summed E-state index contributed by atoms with van der Waals surface area (Å²) < 4.78 is 8.60. The lowest BCUT2D eigenvalue weighted by Gasteiger charge is -2.25. The van der Waals surface area contributed by atoms with Crippen molar-refractivity contribution in [3.05, 3.63) is 78.3 Å². The highest BCUT2D eigenvalue weighted by molar-refractivity contribution is 9.10. The van der Waals surface area contributed by atoms with Gasteiger partial charge in [-0.25, -0.2) is 4.99 Å². The maximum atomic E-state index is 12.8. The Bertz CT molecular complexity index is 1120. The van der Waals surface area contributed by atoms with E-state index in [1.807, 2.05) is 54.6 Å². The molecule has 5 nitrogen and oxygen atoms in total. The molecule has 0 bridgehead atoms. The van der Waals surface area contributed by atoms with E-state index in [4.69, 9.17) is 4.74 Å². The molecule has 0 aliphatic carbocycles. The molecule has 1 aliphatic heterocycles. The average Bonchev–Trinajstić information content (AvgIpc) is 2.97. The predicted molar refractivity (Wildman–Crippen MR) is 107 cm³/mol. The van der Waals surface area contributed by atoms with Gasteiger partial charge >= 0.3 is 0 Å². The molecular formula is C19H16BrN3O2S. The maximum Gasteiger partial charge on any atom is 0.271 e. The lowest BCUT2D eigenvalue weighted by molar-refractivity contribution is 0.414. The zero-order chi connectivity index (χ0) is 18.1. The highest BCUT2D eigenvalue weighted by Crippen LogP contribution is 2.20. The lowest BCUT2D eigenvalue weighted by atomic mass is 10.2. The van der Waals surface area contributed by atoms with E-state index in [2.05, 4.69) is 25.8 Å². The van der Waals surface area contributed by atoms with E-state index in [1.54, 1.807) is 11.7 Å². The van der Waals surface area contributed by atoms with Crippen LogP contribution in [0.2, 0.25) is 0 Å². The molecule has 0 atom stereocenters. The minimum absolute atomic E-state index is 0.00747. The number of hydrogen-bond donors (Lipinski definition) is 0. The Morgan fingerprint density at radius 3 is 2.77 bits per heavy atom. The van der Waals surface area contributed by atoms with Gasteiger partial charge in [0.1, 0.15) is 19.1 Å². The molecule has 0 fully saturated rings. The maximum absolute atomic E-state index is 12.8. The summed E-state index contributed by atoms with van der Waals surface area (Å²) in [7, 11) is 1.64. The Hall–Kier alpha value is -2.38. The summed E-state index contributed by atoms with van der Waals surface area (Å²) >= 11 is 4.89. The fourth-order valence-electron chi connectivity index (χ4n) is 2.82. The fourth-order valence-corrected chi connectivity index (χ4v) is 4.20. The summed E-state index contributed by atoms with van der Waals surface area (Å²) in [6, 6.07) is 15.7. The van der Waals surface area contributed by atoms with Crippen LogP contribution in [-0.2, 0) is 6.67 Å². The largest absolute Gasteiger partial charge is 0.497 e. The number of halogens is 1. The number of methoxy groups -OCH3 is 1. The van der Waals surface area contributed by atoms with Crippen molar-refractivity contribution in [2.24, 2.45) is 4.99 Å². The van der Waals surface area contributed by atoms with Crippen molar-refractivity contribution in [2.45, 2.75) is 6.67 Å². The van der Waals surface area contributed by atoms with Crippen LogP contribution in [0.5, 0.6) is 5.75 Å². The quantitative estimate of drug-likeness (QED) is 0.642. The van der Waals surface area contributed by atoms with Crippen molar-refractivity contribution in [1.29, 1.82) is 0 Å². The summed E-state index contributed by atoms with van der Waals surface area (Å²) in [5.74, 6) is 0.807. The Balaban J connectivity index is 1.68. The third-order valence-electron chi connectivity index (χ3n) is 4.16. The van der Waals surface area contributed by atoms with Crippen molar-refractivity contribution in [2.75, 3.05) is 18.7 Å². The van der Waals surface area contributed by atoms with Gasteiger partial charge in [0.25, 0.3) is 5.56 Å². The summed E-state index contributed by atoms with van der Waals surface area (Å²) in [4.78, 5) is 20.2. The monoisotopic (exact) mass is 429 g/mol. The molecule has 0 saturated heterocycles. The number of rotatable bonds is 3. The number of nitrogens with zero attached hydrogens (tertiary/aromatic N) is 3. The Labute approximate surface area is 162 Å². The van der Waals surface area contributed by atoms with Crippen molar-refractivity contribution < 1.29 is 4.74 Å². The molecule has 0 spiro atoms. The van der Waals surface area contributed by atoms with Crippen LogP contribution in [0.1, 0.15) is 5.56 Å². The van der Waals surface area contributed by atoms with Gasteiger partial charge < -0.3 is 9.64 Å². The van der Waals surface area contributed by atoms with Gasteiger partial charge in [-0.3, -0.25) is 9.36 Å². The van der Waals surface area contributed by atoms with Gasteiger partial charge in [-0.15, -0.1) is 0 Å². The summed E-state index contributed by atoms with van der Waals surface area (Å²) in [5, 5.41) is 0. The molecule has 2 aromatic carbocycles. The standard InChI is InChI=1S/C19H16BrN3O2S/c1-25-16-7-5-15(6-8-16)22-11-21-19-23(12-22)18(24)17(26-19)10-13-3-2-4-14(20)9-13/h2-10H,11-12H2,1H3/b17-10-. The van der Waals surface area contributed by atoms with Crippen LogP contribution in [-0.4, -0.2) is 18.3 Å². The van der Waals surface area contributed by atoms with Crippen molar-refractivity contribution in [3.63, 3.8) is 0 Å². The molecule has 3 aromatic rings. The Morgan fingerprint density at radius 1 is 1.23 bits per heavy atom. The number of hydrogen-bond acceptors (Lipinski definition) is 5. The molecule has 0 radical (unpaired) electrons. The van der Waals surface area contributed by atoms with Gasteiger partial charge in [-0.05, 0) is 48.0 Å². The van der Waals surface area contributed by atoms with Crippen LogP contribution >= 0.6 is 27.3 Å². The molecule has 1 aliphatic rings. The first kappa shape index (κ1) is 17.1. The smallest absolute Gasteiger partial charge is 0.271 e. The van der Waals surface area contributed by atoms with Crippen LogP contribution in [0.25, 0.3) is 6.08 Å². The summed E-state index contributed by atoms with van der Waals surface area (Å²) in [6.07, 6.45) is 1.91. The van der Waals surface area contributed by atoms with E-state index in [1.165, 1.54) is 11.3 Å². The molecular weight excluding hydrogens is 414 g/mol. The average molecular weight is 430 g/mol. The molecule has 0 saturated carbocycles. The second kappa shape index (κ2) is 7.09. The van der Waals surface area contributed by atoms with E-state index < -0.39 is 0 Å². The topological polar surface area (TPSA) is 46.8 Å². The molecule has 0 unspecified atom stereocenters. The number of aromatic nitrogens is 1. The number of fused-ring (bicyclic) bond motifs is 1. The van der Waals surface area contributed by atoms with Gasteiger partial charge in [0.2, 0.25) is 0 Å². The first-order valence-electron chi connectivity index (χ1n) is 8.04. The van der Waals surface area contributed by atoms with Gasteiger partial charge in [-0.2, -0.15) is 0 Å². The van der Waals surface area contributed by atoms with Gasteiger partial charge in [0.15, 0.2) is 4.80 Å². The zero-order valence-electron chi connectivity index (χ0n) is 14.1. The SMILES string of the molecule is COc1ccc(N2CN=c3s/c(=C\c4cccc(Br)c4)c(=O)n3C2)cc1. The van der Waals surface area contributed by atoms with Crippen molar-refractivity contribution in [3.8, 4) is 5.75 Å². The third-order valence-corrected chi connectivity index (χ3v) is 5.70. The molecule has 4 rings (SSSR count). The normalized spacial score (nSPS) is 14.1. The number of ether oxygens (including phenoxy) is 1. The fraction of sp³-hybridized carbons (Fsp3) is 0.158. The first-order valence-corrected chi connectivity index (χ1v) is 9.65. The second-order valence-corrected chi connectivity index (χ2v) is 7.79. The van der Waals surface area contributed by atoms with Gasteiger partial charge in [-0.1, -0.05) is 39.4 Å².